The molecule has 12 heteroatoms. The van der Waals surface area contributed by atoms with Gasteiger partial charge in [-0.15, -0.1) is 4.36 Å². The number of anilines is 1. The Morgan fingerprint density at radius 3 is 2.71 bits per heavy atom. The molecular weight excluding hydrogens is 556 g/mol. The number of hydrogen-bond donors (Lipinski definition) is 0. The van der Waals surface area contributed by atoms with Gasteiger partial charge in [-0.1, -0.05) is 18.2 Å². The Hall–Kier alpha value is -3.87. The number of carbonyl (C=O) groups is 1. The van der Waals surface area contributed by atoms with Crippen LogP contribution < -0.4 is 4.90 Å². The molecule has 11 nitrogen and oxygen atoms in total. The van der Waals surface area contributed by atoms with Crippen molar-refractivity contribution in [3.63, 3.8) is 0 Å². The maximum atomic E-state index is 13.0. The third-order valence-electron chi connectivity index (χ3n) is 7.50. The third kappa shape index (κ3) is 6.15. The van der Waals surface area contributed by atoms with Gasteiger partial charge in [0.05, 0.1) is 35.2 Å². The molecule has 2 unspecified atom stereocenters. The minimum atomic E-state index is -2.91. The molecule has 2 fully saturated rings. The van der Waals surface area contributed by atoms with E-state index in [-0.39, 0.29) is 12.8 Å². The molecule has 4 aromatic rings. The third-order valence-corrected chi connectivity index (χ3v) is 9.15. The lowest BCUT2D eigenvalue weighted by atomic mass is 10.0. The molecule has 1 aromatic carbocycles. The minimum Gasteiger partial charge on any atom is -0.447 e. The molecule has 42 heavy (non-hydrogen) atoms. The first-order valence-electron chi connectivity index (χ1n) is 14.2. The summed E-state index contributed by atoms with van der Waals surface area (Å²) in [6.45, 7) is 3.47. The fraction of sp³-hybridized carbons (Fsp3) is 0.400. The summed E-state index contributed by atoms with van der Waals surface area (Å²) in [6.07, 6.45) is 7.42. The highest BCUT2D eigenvalue weighted by Crippen LogP contribution is 2.33. The van der Waals surface area contributed by atoms with Crippen molar-refractivity contribution < 1.29 is 23.2 Å². The molecule has 0 radical (unpaired) electrons. The Bertz CT molecular complexity index is 1670. The lowest BCUT2D eigenvalue weighted by molar-refractivity contribution is -0.0383. The molecule has 0 bridgehead atoms. The number of fused-ring (bicyclic) bond motifs is 1. The van der Waals surface area contributed by atoms with E-state index in [9.17, 15) is 9.00 Å². The molecule has 5 heterocycles. The fourth-order valence-electron chi connectivity index (χ4n) is 5.35. The molecule has 2 aliphatic rings. The van der Waals surface area contributed by atoms with E-state index in [1.165, 1.54) is 6.26 Å². The van der Waals surface area contributed by atoms with Crippen LogP contribution in [0.5, 0.6) is 0 Å². The molecule has 1 amide bonds. The molecule has 2 atom stereocenters. The Morgan fingerprint density at radius 2 is 1.93 bits per heavy atom. The number of carbonyl (C=O) groups excluding carboxylic acids is 1. The van der Waals surface area contributed by atoms with Gasteiger partial charge in [-0.25, -0.2) is 18.7 Å². The van der Waals surface area contributed by atoms with Gasteiger partial charge < -0.3 is 19.1 Å². The molecule has 3 aromatic heterocycles. The second-order valence-electron chi connectivity index (χ2n) is 10.3. The Labute approximate surface area is 245 Å². The zero-order valence-corrected chi connectivity index (χ0v) is 24.4. The van der Waals surface area contributed by atoms with Crippen LogP contribution in [0, 0.1) is 0 Å². The van der Waals surface area contributed by atoms with Crippen LogP contribution in [0.4, 0.5) is 10.6 Å². The average molecular weight is 591 g/mol. The second kappa shape index (κ2) is 12.6. The number of morpholine rings is 1. The smallest absolute Gasteiger partial charge is 0.442 e. The molecule has 0 saturated carbocycles. The van der Waals surface area contributed by atoms with Crippen molar-refractivity contribution in [2.45, 2.75) is 36.8 Å². The number of pyridine rings is 2. The quantitative estimate of drug-likeness (QED) is 0.297. The van der Waals surface area contributed by atoms with E-state index in [1.54, 1.807) is 36.7 Å². The van der Waals surface area contributed by atoms with E-state index in [0.717, 1.165) is 66.0 Å². The first-order valence-corrected chi connectivity index (χ1v) is 16.1. The molecule has 2 aliphatic heterocycles. The fourth-order valence-corrected chi connectivity index (χ4v) is 6.45. The standard InChI is InChI=1S/C30H34N6O5S/c1-42(38,23-7-3-2-4-8-23)34-30(37)41-18-12-22-21-26(35-15-19-39-20-16-35)33-28-24(22)10-13-31-29(28)25-11-14-32-36(25)27-9-5-6-17-40-27/h2-4,7-8,10-11,13-14,21,27H,5-6,9,12,15-20H2,1H3. The summed E-state index contributed by atoms with van der Waals surface area (Å²) in [5.41, 5.74) is 3.26. The largest absolute Gasteiger partial charge is 0.447 e. The van der Waals surface area contributed by atoms with Crippen molar-refractivity contribution in [1.82, 2.24) is 19.7 Å². The number of nitrogens with zero attached hydrogens (tertiary/aromatic N) is 6. The number of ether oxygens (including phenoxy) is 3. The second-order valence-corrected chi connectivity index (χ2v) is 12.6. The summed E-state index contributed by atoms with van der Waals surface area (Å²) in [5.74, 6) is 0.812. The van der Waals surface area contributed by atoms with Gasteiger partial charge in [-0.3, -0.25) is 4.98 Å². The van der Waals surface area contributed by atoms with Gasteiger partial charge in [0.2, 0.25) is 0 Å². The predicted molar refractivity (Wildman–Crippen MR) is 159 cm³/mol. The summed E-state index contributed by atoms with van der Waals surface area (Å²) in [4.78, 5) is 25.1. The predicted octanol–water partition coefficient (Wildman–Crippen LogP) is 4.87. The Balaban J connectivity index is 1.31. The van der Waals surface area contributed by atoms with Crippen molar-refractivity contribution in [2.24, 2.45) is 4.36 Å². The van der Waals surface area contributed by atoms with Crippen LogP contribution in [0.3, 0.4) is 0 Å². The van der Waals surface area contributed by atoms with Crippen molar-refractivity contribution in [3.05, 3.63) is 66.5 Å². The first kappa shape index (κ1) is 28.3. The van der Waals surface area contributed by atoms with Gasteiger partial charge in [0.1, 0.15) is 17.0 Å². The number of hydrogen-bond acceptors (Lipinski definition) is 9. The number of rotatable bonds is 7. The van der Waals surface area contributed by atoms with Crippen LogP contribution in [-0.4, -0.2) is 75.8 Å². The van der Waals surface area contributed by atoms with Crippen LogP contribution in [0.1, 0.15) is 31.1 Å². The summed E-state index contributed by atoms with van der Waals surface area (Å²) in [7, 11) is -2.91. The first-order chi connectivity index (χ1) is 20.5. The molecule has 0 N–H and O–H groups in total. The summed E-state index contributed by atoms with van der Waals surface area (Å²) in [5, 5.41) is 5.49. The maximum Gasteiger partial charge on any atom is 0.442 e. The topological polar surface area (TPSA) is 121 Å². The Morgan fingerprint density at radius 1 is 1.10 bits per heavy atom. The van der Waals surface area contributed by atoms with Gasteiger partial charge in [0.15, 0.2) is 6.23 Å². The van der Waals surface area contributed by atoms with Crippen LogP contribution in [-0.2, 0) is 30.4 Å². The normalized spacial score (nSPS) is 18.9. The molecule has 6 rings (SSSR count). The average Bonchev–Trinajstić information content (AvgIpc) is 3.52. The monoisotopic (exact) mass is 590 g/mol. The highest BCUT2D eigenvalue weighted by Gasteiger charge is 2.23. The molecular formula is C30H34N6O5S. The summed E-state index contributed by atoms with van der Waals surface area (Å²) >= 11 is 0. The van der Waals surface area contributed by atoms with Crippen molar-refractivity contribution in [1.29, 1.82) is 0 Å². The highest BCUT2D eigenvalue weighted by atomic mass is 32.2. The summed E-state index contributed by atoms with van der Waals surface area (Å²) in [6, 6.07) is 14.6. The molecule has 0 spiro atoms. The Kier molecular flexibility index (Phi) is 8.45. The van der Waals surface area contributed by atoms with E-state index in [2.05, 4.69) is 14.4 Å². The van der Waals surface area contributed by atoms with E-state index in [1.807, 2.05) is 28.9 Å². The van der Waals surface area contributed by atoms with Gasteiger partial charge in [-0.2, -0.15) is 5.10 Å². The minimum absolute atomic E-state index is 0.0693. The van der Waals surface area contributed by atoms with E-state index < -0.39 is 15.8 Å². The summed E-state index contributed by atoms with van der Waals surface area (Å²) < 4.78 is 35.8. The lowest BCUT2D eigenvalue weighted by Crippen LogP contribution is -2.36. The van der Waals surface area contributed by atoms with Crippen molar-refractivity contribution in [2.75, 3.05) is 50.7 Å². The van der Waals surface area contributed by atoms with Gasteiger partial charge >= 0.3 is 6.09 Å². The van der Waals surface area contributed by atoms with E-state index in [0.29, 0.717) is 31.1 Å². The zero-order chi connectivity index (χ0) is 28.9. The molecule has 0 aliphatic carbocycles. The number of aromatic nitrogens is 4. The number of amides is 1. The van der Waals surface area contributed by atoms with E-state index in [4.69, 9.17) is 24.2 Å². The molecule has 220 valence electrons. The van der Waals surface area contributed by atoms with E-state index >= 15 is 0 Å². The zero-order valence-electron chi connectivity index (χ0n) is 23.6. The molecule has 2 saturated heterocycles. The number of benzene rings is 1. The maximum absolute atomic E-state index is 13.0. The van der Waals surface area contributed by atoms with Crippen molar-refractivity contribution in [3.8, 4) is 11.4 Å². The van der Waals surface area contributed by atoms with Gasteiger partial charge in [0.25, 0.3) is 0 Å². The van der Waals surface area contributed by atoms with Crippen molar-refractivity contribution >= 4 is 32.5 Å². The van der Waals surface area contributed by atoms with Gasteiger partial charge in [-0.05, 0) is 55.2 Å². The van der Waals surface area contributed by atoms with Gasteiger partial charge in [0, 0.05) is 55.0 Å². The van der Waals surface area contributed by atoms with Crippen LogP contribution in [0.2, 0.25) is 0 Å². The van der Waals surface area contributed by atoms with Crippen LogP contribution in [0.25, 0.3) is 22.3 Å². The highest BCUT2D eigenvalue weighted by molar-refractivity contribution is 7.93. The van der Waals surface area contributed by atoms with Crippen LogP contribution >= 0.6 is 0 Å². The lowest BCUT2D eigenvalue weighted by Gasteiger charge is -2.29. The van der Waals surface area contributed by atoms with Crippen LogP contribution in [0.15, 0.2) is 70.2 Å². The SMILES string of the molecule is CS(=O)(=NC(=O)OCCc1cc(N2CCOCC2)nc2c(-c3ccnn3C3CCCCO3)nccc12)c1ccccc1.